The molecule has 43 heavy (non-hydrogen) atoms. The van der Waals surface area contributed by atoms with Crippen LogP contribution in [0.2, 0.25) is 7.25 Å². The fraction of sp³-hybridized carbons (Fsp3) is 0.382. The van der Waals surface area contributed by atoms with E-state index in [1.807, 2.05) is 24.3 Å². The molecule has 4 aliphatic carbocycles. The van der Waals surface area contributed by atoms with Gasteiger partial charge in [0.05, 0.1) is 0 Å². The van der Waals surface area contributed by atoms with Crippen LogP contribution in [-0.2, 0) is 31.5 Å². The van der Waals surface area contributed by atoms with Crippen LogP contribution >= 0.6 is 0 Å². The molecular formula is C34H34F6O2Zr. The van der Waals surface area contributed by atoms with Gasteiger partial charge in [-0.2, -0.15) is 0 Å². The summed E-state index contributed by atoms with van der Waals surface area (Å²) in [5.74, 6) is -0.806. The van der Waals surface area contributed by atoms with Crippen molar-refractivity contribution in [2.75, 3.05) is 0 Å². The van der Waals surface area contributed by atoms with Crippen molar-refractivity contribution < 1.29 is 51.1 Å². The van der Waals surface area contributed by atoms with Crippen molar-refractivity contribution in [1.29, 1.82) is 0 Å². The molecule has 0 aliphatic heterocycles. The van der Waals surface area contributed by atoms with Gasteiger partial charge >= 0.3 is 251 Å². The van der Waals surface area contributed by atoms with Crippen molar-refractivity contribution in [2.45, 2.75) is 77.9 Å². The summed E-state index contributed by atoms with van der Waals surface area (Å²) in [5, 5.41) is 0. The van der Waals surface area contributed by atoms with Crippen molar-refractivity contribution in [3.8, 4) is 11.5 Å². The molecule has 0 radical (unpaired) electrons. The number of allylic oxidation sites excluding steroid dienone is 8. The molecule has 0 N–H and O–H groups in total. The summed E-state index contributed by atoms with van der Waals surface area (Å²) < 4.78 is 102. The number of halogens is 6. The molecule has 2 aromatic rings. The Morgan fingerprint density at radius 1 is 0.628 bits per heavy atom. The molecule has 0 amide bonds. The van der Waals surface area contributed by atoms with Gasteiger partial charge in [0.1, 0.15) is 0 Å². The Morgan fingerprint density at radius 2 is 1.02 bits per heavy atom. The SMILES string of the molecule is C[CH]=[Zr]([O]c1ccccc1C(F)(F)F)([O]c1ccccc1C(F)(F)F)([CH]1C=CC2=C1CCCC2)[CH]1C=CC2=C1CCCC2. The van der Waals surface area contributed by atoms with E-state index in [1.165, 1.54) is 36.4 Å². The molecule has 0 fully saturated rings. The van der Waals surface area contributed by atoms with Crippen LogP contribution < -0.4 is 5.63 Å². The first-order valence-electron chi connectivity index (χ1n) is 15.0. The zero-order valence-corrected chi connectivity index (χ0v) is 26.4. The van der Waals surface area contributed by atoms with E-state index in [1.54, 1.807) is 10.6 Å². The monoisotopic (exact) mass is 678 g/mol. The minimum absolute atomic E-state index is 0.403. The van der Waals surface area contributed by atoms with Crippen molar-refractivity contribution in [3.63, 3.8) is 0 Å². The number of rotatable bonds is 6. The molecule has 9 heteroatoms. The number of hydrogen-bond acceptors (Lipinski definition) is 2. The summed E-state index contributed by atoms with van der Waals surface area (Å²) in [4.78, 5) is 0. The predicted molar refractivity (Wildman–Crippen MR) is 153 cm³/mol. The summed E-state index contributed by atoms with van der Waals surface area (Å²) in [7, 11) is 0. The van der Waals surface area contributed by atoms with Crippen LogP contribution in [0, 0.1) is 0 Å². The summed E-state index contributed by atoms with van der Waals surface area (Å²) in [6.45, 7) is 1.72. The van der Waals surface area contributed by atoms with E-state index >= 15 is 0 Å². The molecular weight excluding hydrogens is 646 g/mol. The Bertz CT molecular complexity index is 1500. The molecule has 6 rings (SSSR count). The number of para-hydroxylation sites is 2. The van der Waals surface area contributed by atoms with Crippen LogP contribution in [0.25, 0.3) is 0 Å². The fourth-order valence-electron chi connectivity index (χ4n) is 7.71. The van der Waals surface area contributed by atoms with Crippen LogP contribution in [0.15, 0.2) is 95.1 Å². The molecule has 0 spiro atoms. The van der Waals surface area contributed by atoms with Gasteiger partial charge in [-0.25, -0.2) is 0 Å². The Kier molecular flexibility index (Phi) is 7.80. The summed E-state index contributed by atoms with van der Waals surface area (Å²) in [6.07, 6.45) is 5.19. The van der Waals surface area contributed by atoms with E-state index in [0.29, 0.717) is 12.8 Å². The topological polar surface area (TPSA) is 18.5 Å². The Labute approximate surface area is 249 Å². The third-order valence-corrected chi connectivity index (χ3v) is 24.4. The van der Waals surface area contributed by atoms with Crippen molar-refractivity contribution >= 4 is 3.71 Å². The van der Waals surface area contributed by atoms with Crippen LogP contribution in [0.3, 0.4) is 0 Å². The first-order chi connectivity index (χ1) is 20.5. The Morgan fingerprint density at radius 3 is 1.42 bits per heavy atom. The minimum atomic E-state index is -6.20. The van der Waals surface area contributed by atoms with E-state index in [4.69, 9.17) is 5.63 Å². The second-order valence-electron chi connectivity index (χ2n) is 12.0. The van der Waals surface area contributed by atoms with Crippen LogP contribution in [0.4, 0.5) is 26.3 Å². The second kappa shape index (κ2) is 11.0. The van der Waals surface area contributed by atoms with E-state index in [-0.39, 0.29) is 0 Å². The third-order valence-electron chi connectivity index (χ3n) is 9.68. The Hall–Kier alpha value is -2.67. The molecule has 0 bridgehead atoms. The zero-order chi connectivity index (χ0) is 30.5. The quantitative estimate of drug-likeness (QED) is 0.283. The Balaban J connectivity index is 1.70. The van der Waals surface area contributed by atoms with E-state index < -0.39 is 61.4 Å². The molecule has 2 atom stereocenters. The molecule has 4 aliphatic rings. The van der Waals surface area contributed by atoms with E-state index in [2.05, 4.69) is 0 Å². The molecule has 2 nitrogen and oxygen atoms in total. The van der Waals surface area contributed by atoms with Gasteiger partial charge < -0.3 is 0 Å². The molecule has 0 aromatic heterocycles. The maximum atomic E-state index is 14.5. The van der Waals surface area contributed by atoms with Crippen molar-refractivity contribution in [1.82, 2.24) is 0 Å². The standard InChI is InChI=1S/2C9H11.2C7H5F3O.C2H4.Zr/c2*1-2-5-9-7-3-6-8(9)4-1;2*8-7(9,10)5-3-1-2-4-6(5)11;1-2;/h2*3,6-7H,1-2,4-5H2;2*1-4,11H;1H,2H3;/q;;;;;+2/p-2. The number of hydrogen-bond donors (Lipinski definition) is 0. The molecule has 2 unspecified atom stereocenters. The summed E-state index contributed by atoms with van der Waals surface area (Å²) >= 11 is -6.20. The first kappa shape index (κ1) is 30.4. The van der Waals surface area contributed by atoms with Gasteiger partial charge in [0.15, 0.2) is 0 Å². The van der Waals surface area contributed by atoms with Gasteiger partial charge in [-0.3, -0.25) is 0 Å². The average molecular weight is 680 g/mol. The molecule has 228 valence electrons. The summed E-state index contributed by atoms with van der Waals surface area (Å²) in [5.41, 5.74) is 2.32. The molecule has 2 aromatic carbocycles. The number of alkyl halides is 6. The summed E-state index contributed by atoms with van der Waals surface area (Å²) in [6, 6.07) is 10.0. The van der Waals surface area contributed by atoms with Crippen LogP contribution in [0.5, 0.6) is 11.5 Å². The third kappa shape index (κ3) is 5.13. The van der Waals surface area contributed by atoms with E-state index in [9.17, 15) is 26.3 Å². The average Bonchev–Trinajstić information content (AvgIpc) is 3.62. The van der Waals surface area contributed by atoms with Crippen molar-refractivity contribution in [2.24, 2.45) is 0 Å². The van der Waals surface area contributed by atoms with Gasteiger partial charge in [0, 0.05) is 0 Å². The number of benzene rings is 2. The van der Waals surface area contributed by atoms with Gasteiger partial charge in [-0.15, -0.1) is 0 Å². The van der Waals surface area contributed by atoms with E-state index in [0.717, 1.165) is 73.0 Å². The first-order valence-corrected chi connectivity index (χ1v) is 21.2. The van der Waals surface area contributed by atoms with Gasteiger partial charge in [-0.05, 0) is 0 Å². The maximum absolute atomic E-state index is 14.5. The van der Waals surface area contributed by atoms with Gasteiger partial charge in [0.2, 0.25) is 0 Å². The second-order valence-corrected chi connectivity index (χ2v) is 23.8. The zero-order valence-electron chi connectivity index (χ0n) is 23.9. The van der Waals surface area contributed by atoms with Gasteiger partial charge in [0.25, 0.3) is 0 Å². The van der Waals surface area contributed by atoms with Gasteiger partial charge in [-0.1, -0.05) is 0 Å². The van der Waals surface area contributed by atoms with Crippen LogP contribution in [0.1, 0.15) is 69.4 Å². The normalized spacial score (nSPS) is 22.5. The van der Waals surface area contributed by atoms with Crippen LogP contribution in [-0.4, -0.2) is 3.71 Å². The molecule has 0 saturated heterocycles. The van der Waals surface area contributed by atoms with Crippen molar-refractivity contribution in [3.05, 3.63) is 106 Å². The fourth-order valence-corrected chi connectivity index (χ4v) is 22.9. The predicted octanol–water partition coefficient (Wildman–Crippen LogP) is 11.0. The molecule has 0 heterocycles. The molecule has 0 saturated carbocycles.